The molecule has 0 bridgehead atoms. The van der Waals surface area contributed by atoms with Crippen molar-refractivity contribution in [2.45, 2.75) is 39.5 Å². The average molecular weight is 304 g/mol. The van der Waals surface area contributed by atoms with Gasteiger partial charge in [0.25, 0.3) is 0 Å². The Hall–Kier alpha value is -0.900. The van der Waals surface area contributed by atoms with Crippen molar-refractivity contribution in [1.82, 2.24) is 0 Å². The molecule has 6 heteroatoms. The summed E-state index contributed by atoms with van der Waals surface area (Å²) in [5.41, 5.74) is 0. The van der Waals surface area contributed by atoms with Crippen molar-refractivity contribution in [3.05, 3.63) is 30.1 Å². The van der Waals surface area contributed by atoms with E-state index in [0.29, 0.717) is 13.2 Å². The minimum absolute atomic E-state index is 0.266. The van der Waals surface area contributed by atoms with E-state index in [4.69, 9.17) is 13.6 Å². The van der Waals surface area contributed by atoms with Gasteiger partial charge in [-0.3, -0.25) is 9.05 Å². The van der Waals surface area contributed by atoms with E-state index in [1.54, 1.807) is 0 Å². The molecule has 0 aromatic heterocycles. The normalized spacial score (nSPS) is 11.6. The summed E-state index contributed by atoms with van der Waals surface area (Å²) in [7, 11) is -3.64. The lowest BCUT2D eigenvalue weighted by Crippen LogP contribution is -2.05. The van der Waals surface area contributed by atoms with E-state index in [1.807, 2.05) is 13.8 Å². The summed E-state index contributed by atoms with van der Waals surface area (Å²) in [5.74, 6) is -0.117. The third-order valence-corrected chi connectivity index (χ3v) is 3.96. The number of benzene rings is 1. The number of phosphoric acid groups is 1. The summed E-state index contributed by atoms with van der Waals surface area (Å²) in [6.45, 7) is 4.63. The topological polar surface area (TPSA) is 44.8 Å². The van der Waals surface area contributed by atoms with Gasteiger partial charge in [0, 0.05) is 0 Å². The third kappa shape index (κ3) is 6.51. The van der Waals surface area contributed by atoms with Crippen LogP contribution in [0.3, 0.4) is 0 Å². The number of phosphoric ester groups is 1. The van der Waals surface area contributed by atoms with E-state index in [0.717, 1.165) is 25.7 Å². The van der Waals surface area contributed by atoms with Crippen LogP contribution in [0.25, 0.3) is 0 Å². The Balaban J connectivity index is 2.64. The van der Waals surface area contributed by atoms with Gasteiger partial charge in [-0.05, 0) is 37.1 Å². The summed E-state index contributed by atoms with van der Waals surface area (Å²) in [6, 6.07) is 5.26. The second-order valence-electron chi connectivity index (χ2n) is 4.37. The summed E-state index contributed by atoms with van der Waals surface area (Å²) < 4.78 is 41.1. The molecule has 0 amide bonds. The van der Waals surface area contributed by atoms with Gasteiger partial charge >= 0.3 is 7.82 Å². The molecule has 0 saturated heterocycles. The number of hydrogen-bond acceptors (Lipinski definition) is 4. The molecule has 0 aliphatic heterocycles. The average Bonchev–Trinajstić information content (AvgIpc) is 2.42. The molecule has 20 heavy (non-hydrogen) atoms. The molecule has 0 saturated carbocycles. The molecule has 0 aliphatic rings. The SMILES string of the molecule is CCCCOP(=O)(OCCCC)Oc1ccc(F)cc1. The van der Waals surface area contributed by atoms with Crippen LogP contribution in [0.2, 0.25) is 0 Å². The van der Waals surface area contributed by atoms with E-state index in [1.165, 1.54) is 24.3 Å². The molecule has 0 heterocycles. The van der Waals surface area contributed by atoms with Gasteiger partial charge in [0.05, 0.1) is 13.2 Å². The van der Waals surface area contributed by atoms with Gasteiger partial charge in [-0.1, -0.05) is 26.7 Å². The van der Waals surface area contributed by atoms with Gasteiger partial charge in [-0.15, -0.1) is 0 Å². The quantitative estimate of drug-likeness (QED) is 0.453. The van der Waals surface area contributed by atoms with E-state index in [9.17, 15) is 8.96 Å². The standard InChI is InChI=1S/C14H22FO4P/c1-3-5-11-17-20(16,18-12-6-4-2)19-14-9-7-13(15)8-10-14/h7-10H,3-6,11-12H2,1-2H3. The molecule has 0 N–H and O–H groups in total. The highest BCUT2D eigenvalue weighted by Gasteiger charge is 2.28. The van der Waals surface area contributed by atoms with Crippen LogP contribution in [0.1, 0.15) is 39.5 Å². The van der Waals surface area contributed by atoms with Crippen LogP contribution in [0.4, 0.5) is 4.39 Å². The molecular formula is C14H22FO4P. The molecule has 1 aromatic rings. The predicted molar refractivity (Wildman–Crippen MR) is 76.4 cm³/mol. The fourth-order valence-electron chi connectivity index (χ4n) is 1.36. The third-order valence-electron chi connectivity index (χ3n) is 2.53. The number of unbranched alkanes of at least 4 members (excludes halogenated alkanes) is 2. The van der Waals surface area contributed by atoms with Crippen LogP contribution in [-0.2, 0) is 13.6 Å². The van der Waals surface area contributed by atoms with Crippen LogP contribution < -0.4 is 4.52 Å². The Morgan fingerprint density at radius 3 is 1.95 bits per heavy atom. The Morgan fingerprint density at radius 2 is 1.50 bits per heavy atom. The highest BCUT2D eigenvalue weighted by atomic mass is 31.2. The van der Waals surface area contributed by atoms with Crippen molar-refractivity contribution in [2.24, 2.45) is 0 Å². The molecule has 0 spiro atoms. The number of halogens is 1. The molecule has 0 radical (unpaired) electrons. The lowest BCUT2D eigenvalue weighted by molar-refractivity contribution is 0.152. The molecule has 0 aliphatic carbocycles. The maximum atomic E-state index is 12.8. The zero-order valence-electron chi connectivity index (χ0n) is 12.0. The Labute approximate surface area is 119 Å². The highest BCUT2D eigenvalue weighted by molar-refractivity contribution is 7.48. The Morgan fingerprint density at radius 1 is 1.00 bits per heavy atom. The van der Waals surface area contributed by atoms with Gasteiger partial charge in [0.1, 0.15) is 11.6 Å². The van der Waals surface area contributed by atoms with E-state index < -0.39 is 7.82 Å². The van der Waals surface area contributed by atoms with Crippen LogP contribution in [0.15, 0.2) is 24.3 Å². The van der Waals surface area contributed by atoms with E-state index >= 15 is 0 Å². The monoisotopic (exact) mass is 304 g/mol. The number of hydrogen-bond donors (Lipinski definition) is 0. The fraction of sp³-hybridized carbons (Fsp3) is 0.571. The summed E-state index contributed by atoms with van der Waals surface area (Å²) in [5, 5.41) is 0. The zero-order valence-corrected chi connectivity index (χ0v) is 12.9. The van der Waals surface area contributed by atoms with Gasteiger partial charge < -0.3 is 4.52 Å². The van der Waals surface area contributed by atoms with Crippen LogP contribution in [0, 0.1) is 5.82 Å². The molecule has 0 unspecified atom stereocenters. The van der Waals surface area contributed by atoms with Crippen LogP contribution in [0.5, 0.6) is 5.75 Å². The first kappa shape index (κ1) is 17.2. The Kier molecular flexibility index (Phi) is 7.82. The first-order valence-corrected chi connectivity index (χ1v) is 8.40. The van der Waals surface area contributed by atoms with Gasteiger partial charge in [0.15, 0.2) is 0 Å². The molecule has 0 atom stereocenters. The second kappa shape index (κ2) is 9.11. The van der Waals surface area contributed by atoms with Crippen molar-refractivity contribution in [3.63, 3.8) is 0 Å². The van der Waals surface area contributed by atoms with Gasteiger partial charge in [0.2, 0.25) is 0 Å². The molecule has 4 nitrogen and oxygen atoms in total. The number of rotatable bonds is 10. The fourth-order valence-corrected chi connectivity index (χ4v) is 2.62. The molecule has 1 aromatic carbocycles. The van der Waals surface area contributed by atoms with Crippen LogP contribution in [-0.4, -0.2) is 13.2 Å². The van der Waals surface area contributed by atoms with Crippen molar-refractivity contribution in [3.8, 4) is 5.75 Å². The summed E-state index contributed by atoms with van der Waals surface area (Å²) >= 11 is 0. The lowest BCUT2D eigenvalue weighted by Gasteiger charge is -2.18. The first-order chi connectivity index (χ1) is 9.59. The summed E-state index contributed by atoms with van der Waals surface area (Å²) in [6.07, 6.45) is 3.39. The molecule has 0 fully saturated rings. The first-order valence-electron chi connectivity index (χ1n) is 6.94. The largest absolute Gasteiger partial charge is 0.530 e. The maximum absolute atomic E-state index is 12.8. The lowest BCUT2D eigenvalue weighted by atomic mass is 10.3. The van der Waals surface area contributed by atoms with Crippen molar-refractivity contribution >= 4 is 7.82 Å². The van der Waals surface area contributed by atoms with Crippen LogP contribution >= 0.6 is 7.82 Å². The second-order valence-corrected chi connectivity index (χ2v) is 5.96. The highest BCUT2D eigenvalue weighted by Crippen LogP contribution is 2.49. The van der Waals surface area contributed by atoms with Crippen molar-refractivity contribution in [1.29, 1.82) is 0 Å². The zero-order chi connectivity index (χ0) is 14.8. The molecular weight excluding hydrogens is 282 g/mol. The molecule has 1 rings (SSSR count). The smallest absolute Gasteiger partial charge is 0.404 e. The van der Waals surface area contributed by atoms with E-state index in [2.05, 4.69) is 0 Å². The maximum Gasteiger partial charge on any atom is 0.530 e. The van der Waals surface area contributed by atoms with Gasteiger partial charge in [-0.2, -0.15) is 0 Å². The van der Waals surface area contributed by atoms with E-state index in [-0.39, 0.29) is 11.6 Å². The Bertz CT molecular complexity index is 408. The minimum atomic E-state index is -3.64. The van der Waals surface area contributed by atoms with Crippen molar-refractivity contribution < 1.29 is 22.5 Å². The minimum Gasteiger partial charge on any atom is -0.404 e. The van der Waals surface area contributed by atoms with Gasteiger partial charge in [-0.25, -0.2) is 8.96 Å². The molecule has 114 valence electrons. The summed E-state index contributed by atoms with van der Waals surface area (Å²) in [4.78, 5) is 0. The predicted octanol–water partition coefficient (Wildman–Crippen LogP) is 4.95. The van der Waals surface area contributed by atoms with Crippen molar-refractivity contribution in [2.75, 3.05) is 13.2 Å².